The number of carbonyl (C=O) groups is 1. The van der Waals surface area contributed by atoms with Gasteiger partial charge in [-0.1, -0.05) is 41.4 Å². The number of hydrogen-bond acceptors (Lipinski definition) is 1. The molecule has 2 nitrogen and oxygen atoms in total. The van der Waals surface area contributed by atoms with Gasteiger partial charge >= 0.3 is 0 Å². The van der Waals surface area contributed by atoms with Gasteiger partial charge in [0.25, 0.3) is 5.91 Å². The van der Waals surface area contributed by atoms with Gasteiger partial charge in [-0.05, 0) is 42.8 Å². The Morgan fingerprint density at radius 3 is 2.32 bits per heavy atom. The highest BCUT2D eigenvalue weighted by molar-refractivity contribution is 6.31. The maximum Gasteiger partial charge on any atom is 0.251 e. The molecule has 0 saturated carbocycles. The van der Waals surface area contributed by atoms with Gasteiger partial charge in [0.05, 0.1) is 6.04 Å². The van der Waals surface area contributed by atoms with Gasteiger partial charge < -0.3 is 5.32 Å². The lowest BCUT2D eigenvalue weighted by atomic mass is 10.1. The lowest BCUT2D eigenvalue weighted by Gasteiger charge is -2.14. The lowest BCUT2D eigenvalue weighted by Crippen LogP contribution is -2.26. The summed E-state index contributed by atoms with van der Waals surface area (Å²) in [5, 5.41) is 4.11. The molecule has 0 aliphatic rings. The van der Waals surface area contributed by atoms with E-state index in [1.807, 2.05) is 25.1 Å². The largest absolute Gasteiger partial charge is 0.346 e. The molecule has 0 fully saturated rings. The van der Waals surface area contributed by atoms with E-state index in [4.69, 9.17) is 23.2 Å². The molecule has 2 rings (SSSR count). The normalized spacial score (nSPS) is 11.9. The summed E-state index contributed by atoms with van der Waals surface area (Å²) >= 11 is 11.8. The highest BCUT2D eigenvalue weighted by atomic mass is 35.5. The predicted molar refractivity (Wildman–Crippen MR) is 78.8 cm³/mol. The Morgan fingerprint density at radius 1 is 1.05 bits per heavy atom. The van der Waals surface area contributed by atoms with Gasteiger partial charge in [0.1, 0.15) is 0 Å². The summed E-state index contributed by atoms with van der Waals surface area (Å²) in [6, 6.07) is 14.2. The lowest BCUT2D eigenvalue weighted by molar-refractivity contribution is 0.0940. The molecule has 0 saturated heterocycles. The van der Waals surface area contributed by atoms with Crippen LogP contribution >= 0.6 is 23.2 Å². The molecule has 0 radical (unpaired) electrons. The summed E-state index contributed by atoms with van der Waals surface area (Å²) in [4.78, 5) is 12.1. The van der Waals surface area contributed by atoms with Crippen LogP contribution in [0.15, 0.2) is 48.5 Å². The van der Waals surface area contributed by atoms with E-state index >= 15 is 0 Å². The molecule has 0 spiro atoms. The van der Waals surface area contributed by atoms with Crippen molar-refractivity contribution in [2.75, 3.05) is 0 Å². The van der Waals surface area contributed by atoms with Crippen LogP contribution in [-0.4, -0.2) is 5.91 Å². The summed E-state index contributed by atoms with van der Waals surface area (Å²) in [7, 11) is 0. The minimum Gasteiger partial charge on any atom is -0.346 e. The van der Waals surface area contributed by atoms with Crippen molar-refractivity contribution in [2.45, 2.75) is 13.0 Å². The van der Waals surface area contributed by atoms with Crippen LogP contribution in [0.5, 0.6) is 0 Å². The molecule has 1 atom stereocenters. The number of amides is 1. The van der Waals surface area contributed by atoms with E-state index in [9.17, 15) is 4.79 Å². The first-order chi connectivity index (χ1) is 9.06. The second-order valence-electron chi connectivity index (χ2n) is 4.26. The van der Waals surface area contributed by atoms with Crippen molar-refractivity contribution < 1.29 is 4.79 Å². The molecule has 1 N–H and O–H groups in total. The summed E-state index contributed by atoms with van der Waals surface area (Å²) in [6.07, 6.45) is 0. The van der Waals surface area contributed by atoms with E-state index in [-0.39, 0.29) is 11.9 Å². The van der Waals surface area contributed by atoms with E-state index in [2.05, 4.69) is 5.32 Å². The van der Waals surface area contributed by atoms with E-state index in [0.29, 0.717) is 15.6 Å². The second kappa shape index (κ2) is 6.09. The SMILES string of the molecule is C[C@H](NC(=O)c1cccc(Cl)c1)c1cccc(Cl)c1. The Kier molecular flexibility index (Phi) is 4.46. The van der Waals surface area contributed by atoms with E-state index in [1.54, 1.807) is 30.3 Å². The van der Waals surface area contributed by atoms with E-state index in [0.717, 1.165) is 5.56 Å². The molecule has 4 heteroatoms. The van der Waals surface area contributed by atoms with Gasteiger partial charge in [0.15, 0.2) is 0 Å². The van der Waals surface area contributed by atoms with Crippen molar-refractivity contribution in [1.29, 1.82) is 0 Å². The van der Waals surface area contributed by atoms with Gasteiger partial charge in [0.2, 0.25) is 0 Å². The zero-order valence-corrected chi connectivity index (χ0v) is 11.9. The Bertz CT molecular complexity index is 598. The molecule has 0 aromatic heterocycles. The van der Waals surface area contributed by atoms with Crippen molar-refractivity contribution in [3.8, 4) is 0 Å². The van der Waals surface area contributed by atoms with Gasteiger partial charge in [-0.3, -0.25) is 4.79 Å². The topological polar surface area (TPSA) is 29.1 Å². The van der Waals surface area contributed by atoms with Gasteiger partial charge in [-0.2, -0.15) is 0 Å². The van der Waals surface area contributed by atoms with Crippen LogP contribution in [-0.2, 0) is 0 Å². The molecule has 2 aromatic rings. The highest BCUT2D eigenvalue weighted by Gasteiger charge is 2.11. The fraction of sp³-hybridized carbons (Fsp3) is 0.133. The third-order valence-corrected chi connectivity index (χ3v) is 3.25. The van der Waals surface area contributed by atoms with E-state index < -0.39 is 0 Å². The Hall–Kier alpha value is -1.51. The summed E-state index contributed by atoms with van der Waals surface area (Å²) in [5.74, 6) is -0.157. The Balaban J connectivity index is 2.11. The first kappa shape index (κ1) is 13.9. The maximum atomic E-state index is 12.1. The number of halogens is 2. The minimum absolute atomic E-state index is 0.120. The van der Waals surface area contributed by atoms with Crippen molar-refractivity contribution in [1.82, 2.24) is 5.32 Å². The van der Waals surface area contributed by atoms with Gasteiger partial charge in [-0.15, -0.1) is 0 Å². The minimum atomic E-state index is -0.157. The Labute approximate surface area is 122 Å². The number of benzene rings is 2. The summed E-state index contributed by atoms with van der Waals surface area (Å²) in [5.41, 5.74) is 1.50. The average molecular weight is 294 g/mol. The summed E-state index contributed by atoms with van der Waals surface area (Å²) < 4.78 is 0. The molecule has 0 aliphatic heterocycles. The zero-order valence-electron chi connectivity index (χ0n) is 10.4. The Morgan fingerprint density at radius 2 is 1.68 bits per heavy atom. The molecule has 0 aliphatic carbocycles. The number of rotatable bonds is 3. The molecular formula is C15H13Cl2NO. The molecule has 2 aromatic carbocycles. The fourth-order valence-electron chi connectivity index (χ4n) is 1.77. The number of carbonyl (C=O) groups excluding carboxylic acids is 1. The quantitative estimate of drug-likeness (QED) is 0.888. The highest BCUT2D eigenvalue weighted by Crippen LogP contribution is 2.18. The monoisotopic (exact) mass is 293 g/mol. The molecule has 19 heavy (non-hydrogen) atoms. The maximum absolute atomic E-state index is 12.1. The molecule has 0 heterocycles. The fourth-order valence-corrected chi connectivity index (χ4v) is 2.16. The van der Waals surface area contributed by atoms with Crippen molar-refractivity contribution >= 4 is 29.1 Å². The molecule has 98 valence electrons. The molecule has 0 unspecified atom stereocenters. The van der Waals surface area contributed by atoms with Crippen molar-refractivity contribution in [3.05, 3.63) is 69.7 Å². The molecule has 0 bridgehead atoms. The third-order valence-electron chi connectivity index (χ3n) is 2.78. The van der Waals surface area contributed by atoms with Crippen LogP contribution < -0.4 is 5.32 Å². The number of nitrogens with one attached hydrogen (secondary N) is 1. The van der Waals surface area contributed by atoms with Crippen LogP contribution in [0, 0.1) is 0 Å². The number of hydrogen-bond donors (Lipinski definition) is 1. The standard InChI is InChI=1S/C15H13Cl2NO/c1-10(11-4-2-6-13(16)8-11)18-15(19)12-5-3-7-14(17)9-12/h2-10H,1H3,(H,18,19)/t10-/m0/s1. The predicted octanol–water partition coefficient (Wildman–Crippen LogP) is 4.48. The average Bonchev–Trinajstić information content (AvgIpc) is 2.38. The first-order valence-electron chi connectivity index (χ1n) is 5.88. The van der Waals surface area contributed by atoms with Crippen LogP contribution in [0.4, 0.5) is 0 Å². The van der Waals surface area contributed by atoms with Crippen molar-refractivity contribution in [3.63, 3.8) is 0 Å². The van der Waals surface area contributed by atoms with Crippen LogP contribution in [0.25, 0.3) is 0 Å². The molecule has 1 amide bonds. The summed E-state index contributed by atoms with van der Waals surface area (Å²) in [6.45, 7) is 1.91. The van der Waals surface area contributed by atoms with Gasteiger partial charge in [-0.25, -0.2) is 0 Å². The van der Waals surface area contributed by atoms with Crippen LogP contribution in [0.1, 0.15) is 28.9 Å². The molecular weight excluding hydrogens is 281 g/mol. The van der Waals surface area contributed by atoms with Crippen LogP contribution in [0.2, 0.25) is 10.0 Å². The van der Waals surface area contributed by atoms with Gasteiger partial charge in [0, 0.05) is 15.6 Å². The first-order valence-corrected chi connectivity index (χ1v) is 6.64. The van der Waals surface area contributed by atoms with Crippen LogP contribution in [0.3, 0.4) is 0 Å². The van der Waals surface area contributed by atoms with E-state index in [1.165, 1.54) is 0 Å². The smallest absolute Gasteiger partial charge is 0.251 e. The van der Waals surface area contributed by atoms with Crippen molar-refractivity contribution in [2.24, 2.45) is 0 Å². The third kappa shape index (κ3) is 3.72. The zero-order chi connectivity index (χ0) is 13.8. The second-order valence-corrected chi connectivity index (χ2v) is 5.13.